The first-order chi connectivity index (χ1) is 21.4. The molecule has 0 unspecified atom stereocenters. The Kier molecular flexibility index (Phi) is 9.84. The lowest BCUT2D eigenvalue weighted by Crippen LogP contribution is -2.18. The molecule has 2 aromatic heterocycles. The van der Waals surface area contributed by atoms with Crippen LogP contribution in [-0.2, 0) is 0 Å². The third-order valence-electron chi connectivity index (χ3n) is 7.83. The van der Waals surface area contributed by atoms with Crippen molar-refractivity contribution in [2.45, 2.75) is 46.5 Å². The second-order valence-corrected chi connectivity index (χ2v) is 13.5. The summed E-state index contributed by atoms with van der Waals surface area (Å²) in [6, 6.07) is 12.3. The fraction of sp³-hybridized carbons (Fsp3) is 0.257. The van der Waals surface area contributed by atoms with E-state index in [1.807, 2.05) is 11.8 Å². The van der Waals surface area contributed by atoms with E-state index in [-0.39, 0.29) is 28.7 Å². The number of anilines is 1. The van der Waals surface area contributed by atoms with Gasteiger partial charge in [-0.15, -0.1) is 11.3 Å². The fourth-order valence-corrected chi connectivity index (χ4v) is 7.91. The van der Waals surface area contributed by atoms with Crippen molar-refractivity contribution < 1.29 is 17.6 Å². The number of halogens is 4. The molecule has 0 radical (unpaired) electrons. The molecule has 6 rings (SSSR count). The number of aromatic nitrogens is 2. The maximum absolute atomic E-state index is 14.9. The molecule has 0 saturated carbocycles. The third-order valence-corrected chi connectivity index (χ3v) is 10.1. The van der Waals surface area contributed by atoms with E-state index in [4.69, 9.17) is 10.7 Å². The highest BCUT2D eigenvalue weighted by atomic mass is 32.2. The van der Waals surface area contributed by atoms with E-state index >= 15 is 0 Å². The Morgan fingerprint density at radius 2 is 1.40 bits per heavy atom. The van der Waals surface area contributed by atoms with E-state index < -0.39 is 11.6 Å². The van der Waals surface area contributed by atoms with Gasteiger partial charge in [-0.3, -0.25) is 9.36 Å². The van der Waals surface area contributed by atoms with E-state index in [9.17, 15) is 22.4 Å². The van der Waals surface area contributed by atoms with Crippen LogP contribution in [0.15, 0.2) is 65.6 Å². The van der Waals surface area contributed by atoms with Crippen LogP contribution < -0.4 is 11.3 Å². The SMILES string of the molecule is Cc1cc(F)cc(C)c1-n1cc(-c2nc(C3CCSCC3)sc2-c2ccc(F)cc2F)ccc1=O.Cc1cc(F)cc(C)c1N. The van der Waals surface area contributed by atoms with Crippen LogP contribution in [0.5, 0.6) is 0 Å². The number of hydrogen-bond acceptors (Lipinski definition) is 5. The number of benzene rings is 3. The summed E-state index contributed by atoms with van der Waals surface area (Å²) in [5.74, 6) is 0.504. The highest BCUT2D eigenvalue weighted by Crippen LogP contribution is 2.43. The van der Waals surface area contributed by atoms with Crippen molar-refractivity contribution in [1.29, 1.82) is 0 Å². The average molecular weight is 652 g/mol. The monoisotopic (exact) mass is 651 g/mol. The molecular weight excluding hydrogens is 619 g/mol. The minimum atomic E-state index is -0.654. The Bertz CT molecular complexity index is 1880. The molecule has 0 atom stereocenters. The summed E-state index contributed by atoms with van der Waals surface area (Å²) < 4.78 is 56.5. The van der Waals surface area contributed by atoms with Gasteiger partial charge < -0.3 is 5.73 Å². The highest BCUT2D eigenvalue weighted by Gasteiger charge is 2.25. The van der Waals surface area contributed by atoms with Crippen LogP contribution in [0.4, 0.5) is 23.2 Å². The molecule has 1 aliphatic heterocycles. The summed E-state index contributed by atoms with van der Waals surface area (Å²) in [6.45, 7) is 7.11. The highest BCUT2D eigenvalue weighted by molar-refractivity contribution is 7.99. The lowest BCUT2D eigenvalue weighted by molar-refractivity contribution is 0.586. The second kappa shape index (κ2) is 13.6. The van der Waals surface area contributed by atoms with Gasteiger partial charge in [0.2, 0.25) is 0 Å². The van der Waals surface area contributed by atoms with Crippen molar-refractivity contribution >= 4 is 28.8 Å². The van der Waals surface area contributed by atoms with Crippen molar-refractivity contribution in [3.63, 3.8) is 0 Å². The molecule has 0 aliphatic carbocycles. The van der Waals surface area contributed by atoms with Crippen molar-refractivity contribution in [3.05, 3.63) is 122 Å². The summed E-state index contributed by atoms with van der Waals surface area (Å²) in [5, 5.41) is 0.922. The molecule has 45 heavy (non-hydrogen) atoms. The summed E-state index contributed by atoms with van der Waals surface area (Å²) >= 11 is 3.34. The van der Waals surface area contributed by atoms with Crippen LogP contribution in [0.2, 0.25) is 0 Å². The van der Waals surface area contributed by atoms with Crippen LogP contribution in [0, 0.1) is 51.0 Å². The first-order valence-corrected chi connectivity index (χ1v) is 16.5. The number of thiazole rings is 1. The molecule has 1 aliphatic rings. The zero-order chi connectivity index (χ0) is 32.4. The molecule has 10 heteroatoms. The van der Waals surface area contributed by atoms with Gasteiger partial charge in [-0.1, -0.05) is 0 Å². The maximum atomic E-state index is 14.9. The average Bonchev–Trinajstić information content (AvgIpc) is 3.42. The van der Waals surface area contributed by atoms with Gasteiger partial charge in [0.05, 0.1) is 21.3 Å². The molecule has 1 saturated heterocycles. The Labute approximate surface area is 268 Å². The molecule has 2 N–H and O–H groups in total. The smallest absolute Gasteiger partial charge is 0.255 e. The number of nitrogens with two attached hydrogens (primary N) is 1. The van der Waals surface area contributed by atoms with Crippen LogP contribution in [0.1, 0.15) is 46.0 Å². The van der Waals surface area contributed by atoms with Gasteiger partial charge in [-0.25, -0.2) is 22.5 Å². The van der Waals surface area contributed by atoms with Gasteiger partial charge in [0.1, 0.15) is 23.3 Å². The minimum Gasteiger partial charge on any atom is -0.398 e. The lowest BCUT2D eigenvalue weighted by atomic mass is 10.0. The molecule has 1 fully saturated rings. The zero-order valence-corrected chi connectivity index (χ0v) is 27.0. The van der Waals surface area contributed by atoms with Gasteiger partial charge in [-0.2, -0.15) is 11.8 Å². The van der Waals surface area contributed by atoms with Crippen LogP contribution in [0.25, 0.3) is 27.4 Å². The van der Waals surface area contributed by atoms with Gasteiger partial charge in [0, 0.05) is 41.1 Å². The number of thioether (sulfide) groups is 1. The van der Waals surface area contributed by atoms with Crippen molar-refractivity contribution in [2.24, 2.45) is 0 Å². The first-order valence-electron chi connectivity index (χ1n) is 14.5. The normalized spacial score (nSPS) is 13.4. The molecule has 0 spiro atoms. The van der Waals surface area contributed by atoms with Gasteiger partial charge in [-0.05, 0) is 117 Å². The molecule has 3 aromatic carbocycles. The number of pyridine rings is 1. The van der Waals surface area contributed by atoms with Gasteiger partial charge in [0.15, 0.2) is 0 Å². The summed E-state index contributed by atoms with van der Waals surface area (Å²) in [7, 11) is 0. The van der Waals surface area contributed by atoms with Crippen molar-refractivity contribution in [3.8, 4) is 27.4 Å². The fourth-order valence-electron chi connectivity index (χ4n) is 5.51. The summed E-state index contributed by atoms with van der Waals surface area (Å²) in [6.07, 6.45) is 3.67. The molecule has 0 bridgehead atoms. The van der Waals surface area contributed by atoms with Crippen molar-refractivity contribution in [1.82, 2.24) is 9.55 Å². The predicted molar refractivity (Wildman–Crippen MR) is 178 cm³/mol. The Morgan fingerprint density at radius 3 is 2.00 bits per heavy atom. The number of nitrogen functional groups attached to an aromatic ring is 1. The summed E-state index contributed by atoms with van der Waals surface area (Å²) in [4.78, 5) is 18.4. The second-order valence-electron chi connectivity index (χ2n) is 11.2. The number of hydrogen-bond donors (Lipinski definition) is 1. The van der Waals surface area contributed by atoms with Gasteiger partial charge in [0.25, 0.3) is 5.56 Å². The lowest BCUT2D eigenvalue weighted by Gasteiger charge is -2.18. The molecule has 234 valence electrons. The van der Waals surface area contributed by atoms with E-state index in [0.29, 0.717) is 38.6 Å². The largest absolute Gasteiger partial charge is 0.398 e. The van der Waals surface area contributed by atoms with Crippen LogP contribution in [-0.4, -0.2) is 21.1 Å². The molecular formula is C35H33F4N3OS2. The Morgan fingerprint density at radius 1 is 0.800 bits per heavy atom. The third kappa shape index (κ3) is 7.17. The Hall–Kier alpha value is -3.89. The summed E-state index contributed by atoms with van der Waals surface area (Å²) in [5.41, 5.74) is 10.9. The van der Waals surface area contributed by atoms with Gasteiger partial charge >= 0.3 is 0 Å². The first kappa shape index (κ1) is 32.5. The van der Waals surface area contributed by atoms with Crippen LogP contribution >= 0.6 is 23.1 Å². The molecule has 0 amide bonds. The van der Waals surface area contributed by atoms with E-state index in [0.717, 1.165) is 46.5 Å². The number of nitrogens with zero attached hydrogens (tertiary/aromatic N) is 2. The van der Waals surface area contributed by atoms with Crippen LogP contribution in [0.3, 0.4) is 0 Å². The molecule has 3 heterocycles. The molecule has 4 nitrogen and oxygen atoms in total. The minimum absolute atomic E-state index is 0.218. The van der Waals surface area contributed by atoms with E-state index in [2.05, 4.69) is 0 Å². The quantitative estimate of drug-likeness (QED) is 0.155. The molecule has 5 aromatic rings. The van der Waals surface area contributed by atoms with Crippen molar-refractivity contribution in [2.75, 3.05) is 17.2 Å². The zero-order valence-electron chi connectivity index (χ0n) is 25.4. The standard InChI is InChI=1S/C27H23F3N2OS2.C8H10FN/c1-15-11-20(29)12-16(2)25(15)32-14-18(3-6-23(32)33)24-26(21-5-4-19(28)13-22(21)30)35-27(31-24)17-7-9-34-10-8-17;1-5-3-7(9)4-6(2)8(5)10/h3-6,11-14,17H,7-10H2,1-2H3;3-4H,10H2,1-2H3. The van der Waals surface area contributed by atoms with E-state index in [1.165, 1.54) is 58.4 Å². The van der Waals surface area contributed by atoms with E-state index in [1.54, 1.807) is 40.0 Å². The number of aryl methyl sites for hydroxylation is 4. The topological polar surface area (TPSA) is 60.9 Å². The number of rotatable bonds is 4. The predicted octanol–water partition coefficient (Wildman–Crippen LogP) is 9.30. The maximum Gasteiger partial charge on any atom is 0.255 e. The Balaban J connectivity index is 0.000000342.